The van der Waals surface area contributed by atoms with Gasteiger partial charge in [-0.2, -0.15) is 0 Å². The van der Waals surface area contributed by atoms with Crippen LogP contribution in [0.15, 0.2) is 0 Å². The molecule has 0 amide bonds. The summed E-state index contributed by atoms with van der Waals surface area (Å²) in [6.45, 7) is 4.16. The number of aliphatic carboxylic acids is 1. The molecule has 5 heteroatoms. The highest BCUT2D eigenvalue weighted by Gasteiger charge is 2.22. The average molecular weight is 202 g/mol. The molecule has 2 N–H and O–H groups in total. The first-order chi connectivity index (χ1) is 6.74. The maximum atomic E-state index is 10.6. The van der Waals surface area contributed by atoms with Crippen molar-refractivity contribution in [1.82, 2.24) is 10.2 Å². The van der Waals surface area contributed by atoms with Gasteiger partial charge in [0.1, 0.15) is 0 Å². The Morgan fingerprint density at radius 1 is 1.57 bits per heavy atom. The third-order valence-corrected chi connectivity index (χ3v) is 2.44. The second-order valence-electron chi connectivity index (χ2n) is 3.49. The molecule has 14 heavy (non-hydrogen) atoms. The Labute approximate surface area is 84.0 Å². The van der Waals surface area contributed by atoms with E-state index in [9.17, 15) is 4.79 Å². The van der Waals surface area contributed by atoms with Gasteiger partial charge in [-0.3, -0.25) is 9.69 Å². The number of carboxylic acid groups (broad SMARTS) is 1. The third kappa shape index (κ3) is 3.61. The fourth-order valence-electron chi connectivity index (χ4n) is 1.73. The Hall–Kier alpha value is -0.650. The van der Waals surface area contributed by atoms with Gasteiger partial charge in [0, 0.05) is 39.3 Å². The number of piperazine rings is 1. The summed E-state index contributed by atoms with van der Waals surface area (Å²) in [5.41, 5.74) is 0. The first-order valence-electron chi connectivity index (χ1n) is 4.89. The zero-order chi connectivity index (χ0) is 10.4. The van der Waals surface area contributed by atoms with Crippen molar-refractivity contribution in [1.29, 1.82) is 0 Å². The normalized spacial score (nSPS) is 20.6. The van der Waals surface area contributed by atoms with Crippen LogP contribution in [0.2, 0.25) is 0 Å². The molecule has 1 fully saturated rings. The summed E-state index contributed by atoms with van der Waals surface area (Å²) in [7, 11) is 1.61. The van der Waals surface area contributed by atoms with Crippen molar-refractivity contribution in [3.63, 3.8) is 0 Å². The summed E-state index contributed by atoms with van der Waals surface area (Å²) >= 11 is 0. The lowest BCUT2D eigenvalue weighted by Gasteiger charge is -2.33. The number of hydrogen-bond acceptors (Lipinski definition) is 4. The molecule has 1 heterocycles. The lowest BCUT2D eigenvalue weighted by molar-refractivity contribution is -0.139. The summed E-state index contributed by atoms with van der Waals surface area (Å²) in [5, 5.41) is 12.0. The third-order valence-electron chi connectivity index (χ3n) is 2.44. The minimum Gasteiger partial charge on any atom is -0.481 e. The number of carbonyl (C=O) groups is 1. The first kappa shape index (κ1) is 11.4. The number of nitrogens with zero attached hydrogens (tertiary/aromatic N) is 1. The number of hydrogen-bond donors (Lipinski definition) is 2. The van der Waals surface area contributed by atoms with Gasteiger partial charge in [0.15, 0.2) is 0 Å². The molecular formula is C9H18N2O3. The van der Waals surface area contributed by atoms with Crippen molar-refractivity contribution < 1.29 is 14.6 Å². The largest absolute Gasteiger partial charge is 0.481 e. The molecule has 1 aliphatic rings. The number of methoxy groups -OCH3 is 1. The standard InChI is InChI=1S/C9H18N2O3/c1-14-7-8(6-9(12)13)11-4-2-10-3-5-11/h8,10H,2-7H2,1H3,(H,12,13). The smallest absolute Gasteiger partial charge is 0.305 e. The van der Waals surface area contributed by atoms with Gasteiger partial charge in [0.05, 0.1) is 13.0 Å². The summed E-state index contributed by atoms with van der Waals surface area (Å²) in [6, 6.07) is 0.0135. The van der Waals surface area contributed by atoms with Crippen LogP contribution in [0, 0.1) is 0 Å². The molecule has 1 saturated heterocycles. The predicted molar refractivity (Wildman–Crippen MR) is 52.4 cm³/mol. The van der Waals surface area contributed by atoms with Crippen molar-refractivity contribution in [2.75, 3.05) is 39.9 Å². The number of rotatable bonds is 5. The van der Waals surface area contributed by atoms with Crippen LogP contribution in [0.25, 0.3) is 0 Å². The molecule has 1 rings (SSSR count). The van der Waals surface area contributed by atoms with Crippen LogP contribution in [0.1, 0.15) is 6.42 Å². The predicted octanol–water partition coefficient (Wildman–Crippen LogP) is -0.619. The van der Waals surface area contributed by atoms with Crippen LogP contribution in [-0.4, -0.2) is 61.9 Å². The van der Waals surface area contributed by atoms with E-state index in [0.717, 1.165) is 26.2 Å². The van der Waals surface area contributed by atoms with Crippen molar-refractivity contribution in [3.8, 4) is 0 Å². The molecule has 0 aromatic carbocycles. The van der Waals surface area contributed by atoms with Crippen LogP contribution in [0.3, 0.4) is 0 Å². The number of ether oxygens (including phenoxy) is 1. The maximum Gasteiger partial charge on any atom is 0.305 e. The average Bonchev–Trinajstić information content (AvgIpc) is 2.18. The van der Waals surface area contributed by atoms with E-state index in [1.807, 2.05) is 0 Å². The van der Waals surface area contributed by atoms with Crippen molar-refractivity contribution in [3.05, 3.63) is 0 Å². The van der Waals surface area contributed by atoms with E-state index >= 15 is 0 Å². The van der Waals surface area contributed by atoms with Gasteiger partial charge in [-0.1, -0.05) is 0 Å². The molecule has 0 aromatic heterocycles. The maximum absolute atomic E-state index is 10.6. The molecular weight excluding hydrogens is 184 g/mol. The molecule has 1 atom stereocenters. The lowest BCUT2D eigenvalue weighted by Crippen LogP contribution is -2.50. The Morgan fingerprint density at radius 2 is 2.21 bits per heavy atom. The molecule has 0 aromatic rings. The van der Waals surface area contributed by atoms with E-state index in [1.54, 1.807) is 7.11 Å². The molecule has 0 spiro atoms. The quantitative estimate of drug-likeness (QED) is 0.622. The first-order valence-corrected chi connectivity index (χ1v) is 4.89. The van der Waals surface area contributed by atoms with Crippen molar-refractivity contribution >= 4 is 5.97 Å². The lowest BCUT2D eigenvalue weighted by atomic mass is 10.1. The highest BCUT2D eigenvalue weighted by atomic mass is 16.5. The van der Waals surface area contributed by atoms with E-state index in [4.69, 9.17) is 9.84 Å². The van der Waals surface area contributed by atoms with E-state index in [-0.39, 0.29) is 12.5 Å². The highest BCUT2D eigenvalue weighted by Crippen LogP contribution is 2.06. The molecule has 0 radical (unpaired) electrons. The molecule has 5 nitrogen and oxygen atoms in total. The van der Waals surface area contributed by atoms with Crippen LogP contribution in [0.4, 0.5) is 0 Å². The second kappa shape index (κ2) is 5.95. The van der Waals surface area contributed by atoms with Crippen LogP contribution >= 0.6 is 0 Å². The monoisotopic (exact) mass is 202 g/mol. The Bertz CT molecular complexity index is 181. The summed E-state index contributed by atoms with van der Waals surface area (Å²) in [4.78, 5) is 12.8. The molecule has 0 bridgehead atoms. The molecule has 82 valence electrons. The Balaban J connectivity index is 2.42. The summed E-state index contributed by atoms with van der Waals surface area (Å²) < 4.78 is 5.03. The number of nitrogens with one attached hydrogen (secondary N) is 1. The Kier molecular flexibility index (Phi) is 4.86. The van der Waals surface area contributed by atoms with E-state index in [2.05, 4.69) is 10.2 Å². The second-order valence-corrected chi connectivity index (χ2v) is 3.49. The molecule has 0 aliphatic carbocycles. The topological polar surface area (TPSA) is 61.8 Å². The van der Waals surface area contributed by atoms with Crippen LogP contribution in [-0.2, 0) is 9.53 Å². The summed E-state index contributed by atoms with van der Waals surface area (Å²) in [5.74, 6) is -0.759. The minimum absolute atomic E-state index is 0.0135. The SMILES string of the molecule is COCC(CC(=O)O)N1CCNCC1. The van der Waals surface area contributed by atoms with Gasteiger partial charge in [0.25, 0.3) is 0 Å². The number of carboxylic acids is 1. The Morgan fingerprint density at radius 3 is 2.71 bits per heavy atom. The van der Waals surface area contributed by atoms with Crippen LogP contribution in [0.5, 0.6) is 0 Å². The van der Waals surface area contributed by atoms with Gasteiger partial charge in [-0.15, -0.1) is 0 Å². The van der Waals surface area contributed by atoms with E-state index in [1.165, 1.54) is 0 Å². The van der Waals surface area contributed by atoms with Gasteiger partial charge >= 0.3 is 5.97 Å². The van der Waals surface area contributed by atoms with Crippen molar-refractivity contribution in [2.45, 2.75) is 12.5 Å². The van der Waals surface area contributed by atoms with E-state index in [0.29, 0.717) is 6.61 Å². The van der Waals surface area contributed by atoms with E-state index < -0.39 is 5.97 Å². The van der Waals surface area contributed by atoms with Gasteiger partial charge in [-0.05, 0) is 0 Å². The molecule has 1 unspecified atom stereocenters. The van der Waals surface area contributed by atoms with Gasteiger partial charge in [0.2, 0.25) is 0 Å². The zero-order valence-electron chi connectivity index (χ0n) is 8.53. The summed E-state index contributed by atoms with van der Waals surface area (Å²) in [6.07, 6.45) is 0.161. The van der Waals surface area contributed by atoms with Gasteiger partial charge < -0.3 is 15.2 Å². The van der Waals surface area contributed by atoms with Gasteiger partial charge in [-0.25, -0.2) is 0 Å². The minimum atomic E-state index is -0.759. The van der Waals surface area contributed by atoms with Crippen molar-refractivity contribution in [2.24, 2.45) is 0 Å². The molecule has 1 aliphatic heterocycles. The molecule has 0 saturated carbocycles. The fraction of sp³-hybridized carbons (Fsp3) is 0.889. The van der Waals surface area contributed by atoms with Crippen LogP contribution < -0.4 is 5.32 Å². The fourth-order valence-corrected chi connectivity index (χ4v) is 1.73. The highest BCUT2D eigenvalue weighted by molar-refractivity contribution is 5.67. The zero-order valence-corrected chi connectivity index (χ0v) is 8.53.